The largest absolute Gasteiger partial charge is 0.383 e. The van der Waals surface area contributed by atoms with Crippen molar-refractivity contribution in [2.24, 2.45) is 0 Å². The molecule has 0 amide bonds. The van der Waals surface area contributed by atoms with Crippen LogP contribution in [0, 0.1) is 0 Å². The zero-order valence-electron chi connectivity index (χ0n) is 13.6. The highest BCUT2D eigenvalue weighted by molar-refractivity contribution is 9.10. The third-order valence-electron chi connectivity index (χ3n) is 3.66. The van der Waals surface area contributed by atoms with Gasteiger partial charge in [0.1, 0.15) is 5.52 Å². The number of unbranched alkanes of at least 4 members (excludes halogenated alkanes) is 1. The van der Waals surface area contributed by atoms with Crippen LogP contribution in [0.2, 0.25) is 0 Å². The van der Waals surface area contributed by atoms with E-state index in [-0.39, 0.29) is 34.0 Å². The fourth-order valence-corrected chi connectivity index (χ4v) is 2.69. The van der Waals surface area contributed by atoms with E-state index >= 15 is 0 Å². The number of halogens is 3. The van der Waals surface area contributed by atoms with Gasteiger partial charge in [0.05, 0.1) is 11.2 Å². The maximum Gasteiger partial charge on any atom is 0.112 e. The van der Waals surface area contributed by atoms with E-state index < -0.39 is 0 Å². The average Bonchev–Trinajstić information content (AvgIpc) is 2.50. The molecule has 2 heterocycles. The number of hydrogen-bond acceptors (Lipinski definition) is 4. The fraction of sp³-hybridized carbons (Fsp3) is 0.500. The molecule has 2 rings (SSSR count). The Kier molecular flexibility index (Phi) is 12.0. The third kappa shape index (κ3) is 7.03. The average molecular weight is 513 g/mol. The Hall–Kier alpha value is -0.240. The molecule has 0 aliphatic heterocycles. The summed E-state index contributed by atoms with van der Waals surface area (Å²) in [6.07, 6.45) is 6.03. The minimum Gasteiger partial charge on any atom is -0.383 e. The first-order valence-corrected chi connectivity index (χ1v) is 8.40. The van der Waals surface area contributed by atoms with Crippen molar-refractivity contribution in [3.63, 3.8) is 0 Å². The molecule has 1 N–H and O–H groups in total. The van der Waals surface area contributed by atoms with E-state index in [4.69, 9.17) is 0 Å². The highest BCUT2D eigenvalue weighted by Crippen LogP contribution is 2.21. The normalized spacial score (nSPS) is 10.3. The standard InChI is InChI=1S/C16H23BrN4.2BrH/c1-3-21(4-2)10-6-5-8-18-14-7-9-19-15-11-13(17)12-20-16(14)15;;/h7,9,11-12H,3-6,8,10H2,1-2H3,(H,18,19);2*1H. The minimum atomic E-state index is 0. The van der Waals surface area contributed by atoms with E-state index in [9.17, 15) is 0 Å². The van der Waals surface area contributed by atoms with E-state index in [1.807, 2.05) is 24.5 Å². The molecular weight excluding hydrogens is 488 g/mol. The van der Waals surface area contributed by atoms with Crippen molar-refractivity contribution < 1.29 is 0 Å². The van der Waals surface area contributed by atoms with Gasteiger partial charge in [-0.05, 0) is 60.5 Å². The Morgan fingerprint density at radius 3 is 2.57 bits per heavy atom. The van der Waals surface area contributed by atoms with Gasteiger partial charge in [-0.2, -0.15) is 0 Å². The Balaban J connectivity index is 0.00000242. The van der Waals surface area contributed by atoms with Crippen molar-refractivity contribution in [3.8, 4) is 0 Å². The number of rotatable bonds is 8. The first-order valence-electron chi connectivity index (χ1n) is 7.61. The Bertz CT molecular complexity index is 576. The molecule has 0 aromatic carbocycles. The summed E-state index contributed by atoms with van der Waals surface area (Å²) in [4.78, 5) is 11.3. The molecule has 0 bridgehead atoms. The van der Waals surface area contributed by atoms with Crippen molar-refractivity contribution in [1.82, 2.24) is 14.9 Å². The van der Waals surface area contributed by atoms with Gasteiger partial charge in [0.2, 0.25) is 0 Å². The van der Waals surface area contributed by atoms with E-state index in [0.29, 0.717) is 0 Å². The molecular formula is C16H25Br3N4. The van der Waals surface area contributed by atoms with E-state index in [0.717, 1.165) is 47.2 Å². The zero-order valence-corrected chi connectivity index (χ0v) is 18.6. The van der Waals surface area contributed by atoms with Crippen molar-refractivity contribution in [3.05, 3.63) is 29.0 Å². The van der Waals surface area contributed by atoms with Crippen LogP contribution < -0.4 is 5.32 Å². The lowest BCUT2D eigenvalue weighted by Crippen LogP contribution is -2.24. The van der Waals surface area contributed by atoms with Gasteiger partial charge in [0.15, 0.2) is 0 Å². The second-order valence-electron chi connectivity index (χ2n) is 5.04. The summed E-state index contributed by atoms with van der Waals surface area (Å²) in [6.45, 7) is 8.86. The summed E-state index contributed by atoms with van der Waals surface area (Å²) in [7, 11) is 0. The van der Waals surface area contributed by atoms with Crippen LogP contribution in [0.4, 0.5) is 5.69 Å². The van der Waals surface area contributed by atoms with Crippen LogP contribution >= 0.6 is 49.9 Å². The number of aromatic nitrogens is 2. The summed E-state index contributed by atoms with van der Waals surface area (Å²) in [6, 6.07) is 3.99. The molecule has 0 saturated heterocycles. The number of anilines is 1. The van der Waals surface area contributed by atoms with E-state index in [2.05, 4.69) is 50.0 Å². The van der Waals surface area contributed by atoms with Gasteiger partial charge >= 0.3 is 0 Å². The molecule has 2 aromatic heterocycles. The quantitative estimate of drug-likeness (QED) is 0.501. The third-order valence-corrected chi connectivity index (χ3v) is 4.09. The number of hydrogen-bond donors (Lipinski definition) is 1. The lowest BCUT2D eigenvalue weighted by molar-refractivity contribution is 0.298. The smallest absolute Gasteiger partial charge is 0.112 e. The Labute approximate surface area is 168 Å². The van der Waals surface area contributed by atoms with Crippen LogP contribution in [0.1, 0.15) is 26.7 Å². The van der Waals surface area contributed by atoms with Gasteiger partial charge in [0.25, 0.3) is 0 Å². The first-order chi connectivity index (χ1) is 10.2. The van der Waals surface area contributed by atoms with Gasteiger partial charge in [-0.3, -0.25) is 9.97 Å². The summed E-state index contributed by atoms with van der Waals surface area (Å²) in [5.41, 5.74) is 2.91. The number of pyridine rings is 2. The van der Waals surface area contributed by atoms with Crippen LogP contribution in [0.15, 0.2) is 29.0 Å². The summed E-state index contributed by atoms with van der Waals surface area (Å²) >= 11 is 3.43. The molecule has 2 aromatic rings. The fourth-order valence-electron chi connectivity index (χ4n) is 2.37. The lowest BCUT2D eigenvalue weighted by Gasteiger charge is -2.17. The van der Waals surface area contributed by atoms with Crippen LogP contribution in [-0.2, 0) is 0 Å². The van der Waals surface area contributed by atoms with E-state index in [1.54, 1.807) is 0 Å². The molecule has 0 unspecified atom stereocenters. The molecule has 0 aliphatic carbocycles. The molecule has 23 heavy (non-hydrogen) atoms. The predicted octanol–water partition coefficient (Wildman–Crippen LogP) is 5.08. The SMILES string of the molecule is Br.Br.CCN(CC)CCCCNc1ccnc2cc(Br)cnc12. The number of fused-ring (bicyclic) bond motifs is 1. The van der Waals surface area contributed by atoms with Gasteiger partial charge < -0.3 is 10.2 Å². The molecule has 0 aliphatic rings. The maximum absolute atomic E-state index is 4.45. The molecule has 0 radical (unpaired) electrons. The van der Waals surface area contributed by atoms with Crippen molar-refractivity contribution in [2.75, 3.05) is 31.5 Å². The van der Waals surface area contributed by atoms with Crippen molar-refractivity contribution >= 4 is 66.6 Å². The Morgan fingerprint density at radius 2 is 1.87 bits per heavy atom. The van der Waals surface area contributed by atoms with Crippen molar-refractivity contribution in [1.29, 1.82) is 0 Å². The number of nitrogens with zero attached hydrogens (tertiary/aromatic N) is 3. The van der Waals surface area contributed by atoms with Gasteiger partial charge in [-0.15, -0.1) is 34.0 Å². The highest BCUT2D eigenvalue weighted by atomic mass is 79.9. The Morgan fingerprint density at radius 1 is 1.13 bits per heavy atom. The molecule has 0 fully saturated rings. The van der Waals surface area contributed by atoms with Crippen LogP contribution in [0.3, 0.4) is 0 Å². The van der Waals surface area contributed by atoms with Crippen LogP contribution in [-0.4, -0.2) is 41.0 Å². The second-order valence-corrected chi connectivity index (χ2v) is 5.96. The molecule has 4 nitrogen and oxygen atoms in total. The summed E-state index contributed by atoms with van der Waals surface area (Å²) in [5, 5.41) is 3.48. The lowest BCUT2D eigenvalue weighted by atomic mass is 10.2. The predicted molar refractivity (Wildman–Crippen MR) is 113 cm³/mol. The van der Waals surface area contributed by atoms with Gasteiger partial charge in [-0.25, -0.2) is 0 Å². The molecule has 0 spiro atoms. The minimum absolute atomic E-state index is 0. The topological polar surface area (TPSA) is 41.0 Å². The van der Waals surface area contributed by atoms with Crippen LogP contribution in [0.25, 0.3) is 11.0 Å². The molecule has 0 atom stereocenters. The monoisotopic (exact) mass is 510 g/mol. The van der Waals surface area contributed by atoms with Crippen LogP contribution in [0.5, 0.6) is 0 Å². The highest BCUT2D eigenvalue weighted by Gasteiger charge is 2.04. The maximum atomic E-state index is 4.45. The van der Waals surface area contributed by atoms with E-state index in [1.165, 1.54) is 13.0 Å². The second kappa shape index (κ2) is 12.2. The van der Waals surface area contributed by atoms with Crippen molar-refractivity contribution in [2.45, 2.75) is 26.7 Å². The molecule has 7 heteroatoms. The van der Waals surface area contributed by atoms with Gasteiger partial charge in [-0.1, -0.05) is 13.8 Å². The number of nitrogens with one attached hydrogen (secondary N) is 1. The molecule has 0 saturated carbocycles. The first kappa shape index (κ1) is 22.8. The van der Waals surface area contributed by atoms with Gasteiger partial charge in [0, 0.05) is 23.4 Å². The summed E-state index contributed by atoms with van der Waals surface area (Å²) < 4.78 is 0.957. The molecule has 130 valence electrons. The zero-order chi connectivity index (χ0) is 15.1. The summed E-state index contributed by atoms with van der Waals surface area (Å²) in [5.74, 6) is 0.